The first-order valence-electron chi connectivity index (χ1n) is 5.54. The quantitative estimate of drug-likeness (QED) is 0.695. The normalized spacial score (nSPS) is 11.2. The molecule has 86 valence electrons. The highest BCUT2D eigenvalue weighted by atomic mass is 35.5. The Hall–Kier alpha value is -1.08. The van der Waals surface area contributed by atoms with Crippen molar-refractivity contribution in [1.29, 1.82) is 0 Å². The number of hydrogen-bond acceptors (Lipinski definition) is 1. The molecule has 16 heavy (non-hydrogen) atoms. The zero-order valence-electron chi connectivity index (χ0n) is 9.74. The summed E-state index contributed by atoms with van der Waals surface area (Å²) >= 11 is 5.77. The van der Waals surface area contributed by atoms with Crippen LogP contribution >= 0.6 is 11.6 Å². The van der Waals surface area contributed by atoms with Crippen molar-refractivity contribution in [2.75, 3.05) is 0 Å². The largest absolute Gasteiger partial charge is 0.295 e. The topological polar surface area (TPSA) is 17.1 Å². The molecule has 0 aromatic heterocycles. The molecule has 0 aliphatic carbocycles. The average molecular weight is 237 g/mol. The highest BCUT2D eigenvalue weighted by molar-refractivity contribution is 6.30. The van der Waals surface area contributed by atoms with Gasteiger partial charge in [-0.25, -0.2) is 0 Å². The van der Waals surface area contributed by atoms with E-state index in [1.807, 2.05) is 30.3 Å². The van der Waals surface area contributed by atoms with Crippen LogP contribution in [-0.2, 0) is 4.79 Å². The van der Waals surface area contributed by atoms with Crippen LogP contribution in [0.5, 0.6) is 0 Å². The van der Waals surface area contributed by atoms with Crippen LogP contribution < -0.4 is 0 Å². The number of ketones is 1. The van der Waals surface area contributed by atoms with Crippen molar-refractivity contribution in [2.24, 2.45) is 5.92 Å². The average Bonchev–Trinajstić information content (AvgIpc) is 2.25. The molecule has 1 nitrogen and oxygen atoms in total. The minimum Gasteiger partial charge on any atom is -0.295 e. The lowest BCUT2D eigenvalue weighted by Gasteiger charge is -2.00. The molecule has 0 saturated heterocycles. The smallest absolute Gasteiger partial charge is 0.155 e. The molecule has 0 amide bonds. The third kappa shape index (κ3) is 5.13. The van der Waals surface area contributed by atoms with E-state index in [4.69, 9.17) is 11.6 Å². The molecule has 0 radical (unpaired) electrons. The van der Waals surface area contributed by atoms with Crippen molar-refractivity contribution in [2.45, 2.75) is 26.7 Å². The molecule has 0 fully saturated rings. The van der Waals surface area contributed by atoms with Gasteiger partial charge < -0.3 is 0 Å². The van der Waals surface area contributed by atoms with E-state index in [2.05, 4.69) is 13.8 Å². The predicted molar refractivity (Wildman–Crippen MR) is 69.6 cm³/mol. The van der Waals surface area contributed by atoms with E-state index in [0.29, 0.717) is 17.4 Å². The summed E-state index contributed by atoms with van der Waals surface area (Å²) in [7, 11) is 0. The molecule has 1 aromatic rings. The van der Waals surface area contributed by atoms with Crippen LogP contribution in [0.15, 0.2) is 30.3 Å². The predicted octanol–water partition coefficient (Wildman–Crippen LogP) is 4.36. The molecule has 1 rings (SSSR count). The highest BCUT2D eigenvalue weighted by Crippen LogP contribution is 2.11. The van der Waals surface area contributed by atoms with Gasteiger partial charge in [0.15, 0.2) is 5.78 Å². The first-order chi connectivity index (χ1) is 7.58. The van der Waals surface area contributed by atoms with E-state index in [0.717, 1.165) is 12.0 Å². The summed E-state index contributed by atoms with van der Waals surface area (Å²) in [5.41, 5.74) is 1.00. The van der Waals surface area contributed by atoms with Crippen LogP contribution in [0, 0.1) is 5.92 Å². The van der Waals surface area contributed by atoms with Crippen molar-refractivity contribution in [3.63, 3.8) is 0 Å². The summed E-state index contributed by atoms with van der Waals surface area (Å²) in [6, 6.07) is 7.43. The van der Waals surface area contributed by atoms with Crippen molar-refractivity contribution in [3.05, 3.63) is 40.9 Å². The second-order valence-electron chi connectivity index (χ2n) is 4.28. The van der Waals surface area contributed by atoms with Crippen molar-refractivity contribution < 1.29 is 4.79 Å². The summed E-state index contributed by atoms with van der Waals surface area (Å²) in [5.74, 6) is 0.761. The Kier molecular flexibility index (Phi) is 5.27. The summed E-state index contributed by atoms with van der Waals surface area (Å²) in [6.45, 7) is 4.24. The van der Waals surface area contributed by atoms with Crippen LogP contribution in [0.25, 0.3) is 6.08 Å². The number of carbonyl (C=O) groups excluding carboxylic acids is 1. The first-order valence-corrected chi connectivity index (χ1v) is 5.92. The van der Waals surface area contributed by atoms with Crippen LogP contribution in [0.3, 0.4) is 0 Å². The Balaban J connectivity index is 2.47. The zero-order chi connectivity index (χ0) is 12.0. The van der Waals surface area contributed by atoms with Crippen molar-refractivity contribution >= 4 is 23.5 Å². The van der Waals surface area contributed by atoms with Gasteiger partial charge in [-0.05, 0) is 36.1 Å². The van der Waals surface area contributed by atoms with Gasteiger partial charge >= 0.3 is 0 Å². The van der Waals surface area contributed by atoms with E-state index in [1.165, 1.54) is 0 Å². The van der Waals surface area contributed by atoms with Gasteiger partial charge in [-0.2, -0.15) is 0 Å². The van der Waals surface area contributed by atoms with Gasteiger partial charge in [0, 0.05) is 11.4 Å². The molecule has 0 bridgehead atoms. The van der Waals surface area contributed by atoms with Gasteiger partial charge in [-0.15, -0.1) is 0 Å². The maximum atomic E-state index is 11.5. The number of halogens is 1. The first kappa shape index (κ1) is 13.0. The lowest BCUT2D eigenvalue weighted by molar-refractivity contribution is -0.114. The molecule has 1 aromatic carbocycles. The van der Waals surface area contributed by atoms with E-state index < -0.39 is 0 Å². The lowest BCUT2D eigenvalue weighted by Crippen LogP contribution is -1.96. The Bertz CT molecular complexity index is 363. The molecular weight excluding hydrogens is 220 g/mol. The van der Waals surface area contributed by atoms with Crippen molar-refractivity contribution in [1.82, 2.24) is 0 Å². The summed E-state index contributed by atoms with van der Waals surface area (Å²) in [4.78, 5) is 11.5. The SMILES string of the molecule is CC(C)CCC(=O)C=Cc1ccc(Cl)cc1. The third-order valence-corrected chi connectivity index (χ3v) is 2.55. The standard InChI is InChI=1S/C14H17ClO/c1-11(2)3-9-14(16)10-6-12-4-7-13(15)8-5-12/h4-8,10-11H,3,9H2,1-2H3. The number of allylic oxidation sites excluding steroid dienone is 1. The highest BCUT2D eigenvalue weighted by Gasteiger charge is 1.99. The van der Waals surface area contributed by atoms with Crippen molar-refractivity contribution in [3.8, 4) is 0 Å². The fraction of sp³-hybridized carbons (Fsp3) is 0.357. The molecule has 0 unspecified atom stereocenters. The number of hydrogen-bond donors (Lipinski definition) is 0. The molecule has 0 spiro atoms. The van der Waals surface area contributed by atoms with E-state index in [1.54, 1.807) is 6.08 Å². The third-order valence-electron chi connectivity index (χ3n) is 2.30. The second-order valence-corrected chi connectivity index (χ2v) is 4.72. The molecule has 0 aliphatic rings. The van der Waals surface area contributed by atoms with E-state index in [9.17, 15) is 4.79 Å². The monoisotopic (exact) mass is 236 g/mol. The van der Waals surface area contributed by atoms with Crippen LogP contribution in [0.4, 0.5) is 0 Å². The summed E-state index contributed by atoms with van der Waals surface area (Å²) in [6.07, 6.45) is 5.05. The maximum Gasteiger partial charge on any atom is 0.155 e. The fourth-order valence-electron chi connectivity index (χ4n) is 1.28. The van der Waals surface area contributed by atoms with E-state index >= 15 is 0 Å². The van der Waals surface area contributed by atoms with Gasteiger partial charge in [0.05, 0.1) is 0 Å². The number of carbonyl (C=O) groups is 1. The second kappa shape index (κ2) is 6.49. The molecular formula is C14H17ClO. The minimum absolute atomic E-state index is 0.184. The minimum atomic E-state index is 0.184. The summed E-state index contributed by atoms with van der Waals surface area (Å²) in [5, 5.41) is 0.711. The Labute approximate surface area is 102 Å². The number of benzene rings is 1. The summed E-state index contributed by atoms with van der Waals surface area (Å²) < 4.78 is 0. The fourth-order valence-corrected chi connectivity index (χ4v) is 1.40. The molecule has 0 aliphatic heterocycles. The van der Waals surface area contributed by atoms with Gasteiger partial charge in [0.25, 0.3) is 0 Å². The van der Waals surface area contributed by atoms with Gasteiger partial charge in [0.2, 0.25) is 0 Å². The van der Waals surface area contributed by atoms with Crippen LogP contribution in [0.1, 0.15) is 32.3 Å². The molecule has 0 atom stereocenters. The van der Waals surface area contributed by atoms with Gasteiger partial charge in [0.1, 0.15) is 0 Å². The molecule has 0 saturated carbocycles. The van der Waals surface area contributed by atoms with Gasteiger partial charge in [-0.3, -0.25) is 4.79 Å². The van der Waals surface area contributed by atoms with Crippen LogP contribution in [0.2, 0.25) is 5.02 Å². The van der Waals surface area contributed by atoms with E-state index in [-0.39, 0.29) is 5.78 Å². The zero-order valence-corrected chi connectivity index (χ0v) is 10.5. The maximum absolute atomic E-state index is 11.5. The lowest BCUT2D eigenvalue weighted by atomic mass is 10.1. The van der Waals surface area contributed by atoms with Crippen LogP contribution in [-0.4, -0.2) is 5.78 Å². The Morgan fingerprint density at radius 2 is 1.94 bits per heavy atom. The molecule has 2 heteroatoms. The number of rotatable bonds is 5. The molecule has 0 heterocycles. The Morgan fingerprint density at radius 1 is 1.31 bits per heavy atom. The Morgan fingerprint density at radius 3 is 2.50 bits per heavy atom. The van der Waals surface area contributed by atoms with Gasteiger partial charge in [-0.1, -0.05) is 43.7 Å². The molecule has 0 N–H and O–H groups in total.